The first-order chi connectivity index (χ1) is 18.1. The standard InChI is InChI=1S/C25H36N3O9P/c1-3-5-6-8-18(9-7-12-28(32)17-29)24(30)26-16-27-25(31)23-11-10-22(37-23)19-13-20(36-4-2)15-21(14-19)38(33,34)35/h10-11,13-15,17-18,32H,3-9,12,16H2,1-2H3,(H,26,30)(H,27,31)(H2,33,34,35)/t18-/m1/s1. The molecule has 0 saturated heterocycles. The van der Waals surface area contributed by atoms with Crippen LogP contribution in [0.4, 0.5) is 0 Å². The lowest BCUT2D eigenvalue weighted by Gasteiger charge is -2.18. The third-order valence-electron chi connectivity index (χ3n) is 5.75. The molecule has 0 bridgehead atoms. The lowest BCUT2D eigenvalue weighted by Crippen LogP contribution is -2.40. The molecular formula is C25H36N3O9P. The Morgan fingerprint density at radius 3 is 2.50 bits per heavy atom. The van der Waals surface area contributed by atoms with Crippen LogP contribution in [0.1, 0.15) is 62.9 Å². The van der Waals surface area contributed by atoms with Gasteiger partial charge in [0.15, 0.2) is 5.76 Å². The first kappa shape index (κ1) is 31.0. The summed E-state index contributed by atoms with van der Waals surface area (Å²) in [6.07, 6.45) is 4.74. The highest BCUT2D eigenvalue weighted by Gasteiger charge is 2.22. The molecule has 0 radical (unpaired) electrons. The number of amides is 3. The van der Waals surface area contributed by atoms with Crippen molar-refractivity contribution in [3.63, 3.8) is 0 Å². The van der Waals surface area contributed by atoms with Gasteiger partial charge >= 0.3 is 7.60 Å². The summed E-state index contributed by atoms with van der Waals surface area (Å²) in [5.41, 5.74) is 0.326. The Hall–Kier alpha value is -3.18. The van der Waals surface area contributed by atoms with E-state index in [1.54, 1.807) is 13.0 Å². The van der Waals surface area contributed by atoms with Gasteiger partial charge < -0.3 is 29.6 Å². The van der Waals surface area contributed by atoms with Crippen LogP contribution in [0.15, 0.2) is 34.7 Å². The van der Waals surface area contributed by atoms with E-state index in [0.717, 1.165) is 19.3 Å². The zero-order valence-corrected chi connectivity index (χ0v) is 22.5. The van der Waals surface area contributed by atoms with Gasteiger partial charge in [-0.05, 0) is 56.5 Å². The Labute approximate surface area is 221 Å². The number of rotatable bonds is 17. The number of nitrogens with zero attached hydrogens (tertiary/aromatic N) is 1. The molecule has 0 aliphatic carbocycles. The second kappa shape index (κ2) is 15.3. The largest absolute Gasteiger partial charge is 0.494 e. The minimum absolute atomic E-state index is 0.0508. The molecule has 5 N–H and O–H groups in total. The second-order valence-corrected chi connectivity index (χ2v) is 10.3. The molecule has 1 aromatic heterocycles. The maximum absolute atomic E-state index is 12.7. The van der Waals surface area contributed by atoms with E-state index in [9.17, 15) is 33.9 Å². The van der Waals surface area contributed by atoms with Gasteiger partial charge in [0.2, 0.25) is 12.3 Å². The van der Waals surface area contributed by atoms with Crippen molar-refractivity contribution in [2.24, 2.45) is 5.92 Å². The van der Waals surface area contributed by atoms with Crippen molar-refractivity contribution >= 4 is 31.1 Å². The Bertz CT molecular complexity index is 1120. The topological polar surface area (TPSA) is 179 Å². The second-order valence-electron chi connectivity index (χ2n) is 8.68. The van der Waals surface area contributed by atoms with Crippen LogP contribution in [0, 0.1) is 5.92 Å². The molecule has 0 aliphatic rings. The summed E-state index contributed by atoms with van der Waals surface area (Å²) in [4.78, 5) is 54.9. The van der Waals surface area contributed by atoms with E-state index >= 15 is 0 Å². The lowest BCUT2D eigenvalue weighted by atomic mass is 9.95. The van der Waals surface area contributed by atoms with Crippen LogP contribution in [-0.2, 0) is 14.2 Å². The van der Waals surface area contributed by atoms with Crippen LogP contribution in [0.3, 0.4) is 0 Å². The number of unbranched alkanes of at least 4 members (excludes halogenated alkanes) is 2. The number of hydrogen-bond donors (Lipinski definition) is 5. The summed E-state index contributed by atoms with van der Waals surface area (Å²) in [5, 5.41) is 14.8. The smallest absolute Gasteiger partial charge is 0.356 e. The van der Waals surface area contributed by atoms with E-state index in [2.05, 4.69) is 17.6 Å². The fourth-order valence-corrected chi connectivity index (χ4v) is 4.40. The molecule has 1 atom stereocenters. The van der Waals surface area contributed by atoms with E-state index in [4.69, 9.17) is 9.15 Å². The third kappa shape index (κ3) is 9.94. The molecule has 13 heteroatoms. The third-order valence-corrected chi connectivity index (χ3v) is 6.68. The monoisotopic (exact) mass is 553 g/mol. The molecule has 0 fully saturated rings. The molecule has 0 saturated carbocycles. The van der Waals surface area contributed by atoms with E-state index in [-0.39, 0.29) is 47.6 Å². The highest BCUT2D eigenvalue weighted by atomic mass is 31.2. The molecule has 2 rings (SSSR count). The Morgan fingerprint density at radius 1 is 1.11 bits per heavy atom. The van der Waals surface area contributed by atoms with Crippen LogP contribution in [0.5, 0.6) is 5.75 Å². The van der Waals surface area contributed by atoms with Crippen molar-refractivity contribution in [3.05, 3.63) is 36.1 Å². The summed E-state index contributed by atoms with van der Waals surface area (Å²) < 4.78 is 22.8. The minimum Gasteiger partial charge on any atom is -0.494 e. The average molecular weight is 554 g/mol. The molecule has 0 aliphatic heterocycles. The maximum Gasteiger partial charge on any atom is 0.356 e. The Kier molecular flexibility index (Phi) is 12.5. The van der Waals surface area contributed by atoms with Gasteiger partial charge in [-0.1, -0.05) is 26.2 Å². The number of furan rings is 1. The van der Waals surface area contributed by atoms with Gasteiger partial charge in [-0.15, -0.1) is 0 Å². The van der Waals surface area contributed by atoms with Crippen LogP contribution in [-0.4, -0.2) is 58.1 Å². The van der Waals surface area contributed by atoms with E-state index in [0.29, 0.717) is 42.9 Å². The summed E-state index contributed by atoms with van der Waals surface area (Å²) in [6, 6.07) is 6.99. The summed E-state index contributed by atoms with van der Waals surface area (Å²) in [5.74, 6) is -0.744. The fourth-order valence-electron chi connectivity index (χ4n) is 3.80. The average Bonchev–Trinajstić information content (AvgIpc) is 3.38. The van der Waals surface area contributed by atoms with Crippen molar-refractivity contribution in [2.75, 3.05) is 19.8 Å². The quantitative estimate of drug-likeness (QED) is 0.0492. The minimum atomic E-state index is -4.56. The van der Waals surface area contributed by atoms with Crippen LogP contribution in [0.2, 0.25) is 0 Å². The number of benzene rings is 1. The van der Waals surface area contributed by atoms with Gasteiger partial charge in [-0.2, -0.15) is 0 Å². The van der Waals surface area contributed by atoms with Gasteiger partial charge in [0.25, 0.3) is 5.91 Å². The number of hydrogen-bond acceptors (Lipinski definition) is 7. The molecular weight excluding hydrogens is 517 g/mol. The summed E-state index contributed by atoms with van der Waals surface area (Å²) in [7, 11) is -4.56. The molecule has 2 aromatic rings. The molecule has 1 heterocycles. The van der Waals surface area contributed by atoms with E-state index < -0.39 is 13.5 Å². The molecule has 210 valence electrons. The SMILES string of the molecule is CCCCC[C@H](CCCN(O)C=O)C(=O)NCNC(=O)c1ccc(-c2cc(OCC)cc(P(=O)(O)O)c2)o1. The number of carbonyl (C=O) groups is 3. The van der Waals surface area contributed by atoms with Crippen LogP contribution < -0.4 is 20.7 Å². The van der Waals surface area contributed by atoms with Gasteiger partial charge in [0.1, 0.15) is 11.5 Å². The zero-order chi connectivity index (χ0) is 28.1. The van der Waals surface area contributed by atoms with Crippen molar-refractivity contribution < 1.29 is 43.1 Å². The molecule has 38 heavy (non-hydrogen) atoms. The summed E-state index contributed by atoms with van der Waals surface area (Å²) >= 11 is 0. The summed E-state index contributed by atoms with van der Waals surface area (Å²) in [6.45, 7) is 4.08. The van der Waals surface area contributed by atoms with Crippen LogP contribution >= 0.6 is 7.60 Å². The van der Waals surface area contributed by atoms with E-state index in [1.165, 1.54) is 24.3 Å². The van der Waals surface area contributed by atoms with Gasteiger partial charge in [0.05, 0.1) is 18.6 Å². The molecule has 1 aromatic carbocycles. The fraction of sp³-hybridized carbons (Fsp3) is 0.480. The van der Waals surface area contributed by atoms with Gasteiger partial charge in [-0.3, -0.25) is 24.2 Å². The number of carbonyl (C=O) groups excluding carboxylic acids is 3. The zero-order valence-electron chi connectivity index (χ0n) is 21.6. The Morgan fingerprint density at radius 2 is 1.84 bits per heavy atom. The first-order valence-electron chi connectivity index (χ1n) is 12.5. The Balaban J connectivity index is 1.99. The predicted molar refractivity (Wildman–Crippen MR) is 139 cm³/mol. The normalized spacial score (nSPS) is 12.0. The maximum atomic E-state index is 12.7. The molecule has 3 amide bonds. The van der Waals surface area contributed by atoms with Crippen molar-refractivity contribution in [3.8, 4) is 17.1 Å². The van der Waals surface area contributed by atoms with Crippen LogP contribution in [0.25, 0.3) is 11.3 Å². The number of ether oxygens (including phenoxy) is 1. The van der Waals surface area contributed by atoms with Crippen molar-refractivity contribution in [1.82, 2.24) is 15.7 Å². The number of hydroxylamine groups is 2. The highest BCUT2D eigenvalue weighted by molar-refractivity contribution is 7.60. The number of nitrogens with one attached hydrogen (secondary N) is 2. The van der Waals surface area contributed by atoms with E-state index in [1.807, 2.05) is 0 Å². The van der Waals surface area contributed by atoms with Crippen molar-refractivity contribution in [1.29, 1.82) is 0 Å². The first-order valence-corrected chi connectivity index (χ1v) is 14.1. The molecule has 0 unspecified atom stereocenters. The van der Waals surface area contributed by atoms with Gasteiger partial charge in [0, 0.05) is 18.0 Å². The molecule has 0 spiro atoms. The molecule has 12 nitrogen and oxygen atoms in total. The van der Waals surface area contributed by atoms with Gasteiger partial charge in [-0.25, -0.2) is 5.06 Å². The lowest BCUT2D eigenvalue weighted by molar-refractivity contribution is -0.150. The highest BCUT2D eigenvalue weighted by Crippen LogP contribution is 2.37. The predicted octanol–water partition coefficient (Wildman–Crippen LogP) is 2.78. The van der Waals surface area contributed by atoms with Crippen molar-refractivity contribution in [2.45, 2.75) is 52.4 Å².